The zero-order valence-electron chi connectivity index (χ0n) is 10.9. The van der Waals surface area contributed by atoms with Gasteiger partial charge in [-0.15, -0.1) is 0 Å². The van der Waals surface area contributed by atoms with Crippen LogP contribution < -0.4 is 11.1 Å². The molecule has 0 radical (unpaired) electrons. The first kappa shape index (κ1) is 11.5. The topological polar surface area (TPSA) is 68.8 Å². The van der Waals surface area contributed by atoms with Crippen molar-refractivity contribution in [1.29, 1.82) is 0 Å². The van der Waals surface area contributed by atoms with Gasteiger partial charge in [-0.3, -0.25) is 0 Å². The Labute approximate surface area is 106 Å². The van der Waals surface area contributed by atoms with Crippen molar-refractivity contribution >= 4 is 16.9 Å². The second-order valence-corrected chi connectivity index (χ2v) is 5.34. The highest BCUT2D eigenvalue weighted by Gasteiger charge is 2.19. The Morgan fingerprint density at radius 2 is 2.33 bits per heavy atom. The molecule has 2 aromatic heterocycles. The van der Waals surface area contributed by atoms with Crippen molar-refractivity contribution in [2.24, 2.45) is 5.92 Å². The SMILES string of the molecule is CC(C)Cn1cnc2c(N)nc3c(c21)CCNC3. The molecule has 18 heavy (non-hydrogen) atoms. The molecule has 0 spiro atoms. The van der Waals surface area contributed by atoms with Crippen molar-refractivity contribution in [3.05, 3.63) is 17.6 Å². The zero-order valence-corrected chi connectivity index (χ0v) is 10.9. The molecule has 3 rings (SSSR count). The number of nitrogens with zero attached hydrogens (tertiary/aromatic N) is 3. The van der Waals surface area contributed by atoms with E-state index in [0.717, 1.165) is 37.3 Å². The van der Waals surface area contributed by atoms with Crippen LogP contribution in [0.25, 0.3) is 11.0 Å². The first-order valence-corrected chi connectivity index (χ1v) is 6.49. The van der Waals surface area contributed by atoms with Crippen molar-refractivity contribution in [2.45, 2.75) is 33.4 Å². The second-order valence-electron chi connectivity index (χ2n) is 5.34. The highest BCUT2D eigenvalue weighted by Crippen LogP contribution is 2.27. The largest absolute Gasteiger partial charge is 0.382 e. The smallest absolute Gasteiger partial charge is 0.151 e. The van der Waals surface area contributed by atoms with Crippen LogP contribution in [0.4, 0.5) is 5.82 Å². The molecule has 0 amide bonds. The second kappa shape index (κ2) is 4.24. The van der Waals surface area contributed by atoms with Gasteiger partial charge in [0, 0.05) is 18.7 Å². The summed E-state index contributed by atoms with van der Waals surface area (Å²) in [6, 6.07) is 0. The van der Waals surface area contributed by atoms with Crippen molar-refractivity contribution in [1.82, 2.24) is 19.9 Å². The Hall–Kier alpha value is -1.62. The van der Waals surface area contributed by atoms with Crippen molar-refractivity contribution in [2.75, 3.05) is 12.3 Å². The van der Waals surface area contributed by atoms with Crippen LogP contribution in [0.15, 0.2) is 6.33 Å². The third-order valence-corrected chi connectivity index (χ3v) is 3.38. The highest BCUT2D eigenvalue weighted by atomic mass is 15.1. The molecule has 5 heteroatoms. The van der Waals surface area contributed by atoms with E-state index in [-0.39, 0.29) is 0 Å². The van der Waals surface area contributed by atoms with Gasteiger partial charge in [0.2, 0.25) is 0 Å². The fourth-order valence-electron chi connectivity index (χ4n) is 2.65. The predicted molar refractivity (Wildman–Crippen MR) is 72.2 cm³/mol. The lowest BCUT2D eigenvalue weighted by molar-refractivity contribution is 0.530. The molecule has 0 fully saturated rings. The maximum absolute atomic E-state index is 6.01. The zero-order chi connectivity index (χ0) is 12.7. The molecule has 96 valence electrons. The van der Waals surface area contributed by atoms with E-state index in [1.54, 1.807) is 0 Å². The Kier molecular flexibility index (Phi) is 2.70. The minimum atomic E-state index is 0.551. The lowest BCUT2D eigenvalue weighted by atomic mass is 10.0. The molecule has 0 atom stereocenters. The number of nitrogen functional groups attached to an aromatic ring is 1. The van der Waals surface area contributed by atoms with Crippen LogP contribution in [0.3, 0.4) is 0 Å². The number of nitrogens with one attached hydrogen (secondary N) is 1. The normalized spacial score (nSPS) is 15.3. The molecule has 0 unspecified atom stereocenters. The van der Waals surface area contributed by atoms with E-state index in [0.29, 0.717) is 11.7 Å². The molecule has 3 heterocycles. The lowest BCUT2D eigenvalue weighted by Gasteiger charge is -2.19. The summed E-state index contributed by atoms with van der Waals surface area (Å²) in [5.74, 6) is 1.14. The van der Waals surface area contributed by atoms with Gasteiger partial charge in [0.1, 0.15) is 5.52 Å². The Balaban J connectivity index is 2.24. The maximum atomic E-state index is 6.01. The summed E-state index contributed by atoms with van der Waals surface area (Å²) >= 11 is 0. The van der Waals surface area contributed by atoms with Gasteiger partial charge in [-0.1, -0.05) is 13.8 Å². The van der Waals surface area contributed by atoms with Crippen molar-refractivity contribution in [3.8, 4) is 0 Å². The average molecular weight is 245 g/mol. The van der Waals surface area contributed by atoms with E-state index < -0.39 is 0 Å². The summed E-state index contributed by atoms with van der Waals surface area (Å²) in [5, 5.41) is 3.34. The minimum Gasteiger partial charge on any atom is -0.382 e. The molecule has 0 aromatic carbocycles. The van der Waals surface area contributed by atoms with Gasteiger partial charge in [0.05, 0.1) is 17.5 Å². The summed E-state index contributed by atoms with van der Waals surface area (Å²) in [6.45, 7) is 7.21. The highest BCUT2D eigenvalue weighted by molar-refractivity contribution is 5.88. The fourth-order valence-corrected chi connectivity index (χ4v) is 2.65. The third kappa shape index (κ3) is 1.75. The van der Waals surface area contributed by atoms with Crippen LogP contribution in [0.1, 0.15) is 25.1 Å². The van der Waals surface area contributed by atoms with Crippen LogP contribution in [-0.2, 0) is 19.5 Å². The van der Waals surface area contributed by atoms with E-state index in [2.05, 4.69) is 33.7 Å². The number of hydrogen-bond acceptors (Lipinski definition) is 4. The summed E-state index contributed by atoms with van der Waals surface area (Å²) in [6.07, 6.45) is 2.90. The molecule has 1 aliphatic rings. The van der Waals surface area contributed by atoms with Gasteiger partial charge in [-0.25, -0.2) is 9.97 Å². The van der Waals surface area contributed by atoms with Gasteiger partial charge < -0.3 is 15.6 Å². The Morgan fingerprint density at radius 1 is 1.50 bits per heavy atom. The molecule has 0 saturated carbocycles. The van der Waals surface area contributed by atoms with Crippen LogP contribution in [0, 0.1) is 5.92 Å². The maximum Gasteiger partial charge on any atom is 0.151 e. The molecular formula is C13H19N5. The van der Waals surface area contributed by atoms with Crippen LogP contribution >= 0.6 is 0 Å². The first-order valence-electron chi connectivity index (χ1n) is 6.49. The molecule has 3 N–H and O–H groups in total. The Morgan fingerprint density at radius 3 is 3.11 bits per heavy atom. The monoisotopic (exact) mass is 245 g/mol. The number of aromatic nitrogens is 3. The van der Waals surface area contributed by atoms with Crippen LogP contribution in [0.5, 0.6) is 0 Å². The first-order chi connectivity index (χ1) is 8.66. The standard InChI is InChI=1S/C13H19N5/c1-8(2)6-18-7-16-11-12(18)9-3-4-15-5-10(9)17-13(11)14/h7-8,15H,3-6H2,1-2H3,(H2,14,17). The fraction of sp³-hybridized carbons (Fsp3) is 0.538. The molecular weight excluding hydrogens is 226 g/mol. The number of imidazole rings is 1. The van der Waals surface area contributed by atoms with Crippen LogP contribution in [0.2, 0.25) is 0 Å². The Bertz CT molecular complexity index is 585. The van der Waals surface area contributed by atoms with Crippen molar-refractivity contribution in [3.63, 3.8) is 0 Å². The molecule has 2 aromatic rings. The molecule has 5 nitrogen and oxygen atoms in total. The van der Waals surface area contributed by atoms with Gasteiger partial charge in [-0.05, 0) is 18.9 Å². The third-order valence-electron chi connectivity index (χ3n) is 3.38. The number of fused-ring (bicyclic) bond motifs is 3. The predicted octanol–water partition coefficient (Wildman–Crippen LogP) is 1.32. The number of pyridine rings is 1. The van der Waals surface area contributed by atoms with E-state index >= 15 is 0 Å². The molecule has 0 bridgehead atoms. The van der Waals surface area contributed by atoms with E-state index in [1.165, 1.54) is 11.1 Å². The average Bonchev–Trinajstić information content (AvgIpc) is 2.73. The number of hydrogen-bond donors (Lipinski definition) is 2. The van der Waals surface area contributed by atoms with Crippen molar-refractivity contribution < 1.29 is 0 Å². The van der Waals surface area contributed by atoms with Gasteiger partial charge in [0.15, 0.2) is 5.82 Å². The summed E-state index contributed by atoms with van der Waals surface area (Å²) in [5.41, 5.74) is 10.5. The van der Waals surface area contributed by atoms with Crippen LogP contribution in [-0.4, -0.2) is 21.1 Å². The van der Waals surface area contributed by atoms with Gasteiger partial charge >= 0.3 is 0 Å². The van der Waals surface area contributed by atoms with Gasteiger partial charge in [-0.2, -0.15) is 0 Å². The minimum absolute atomic E-state index is 0.551. The lowest BCUT2D eigenvalue weighted by Crippen LogP contribution is -2.26. The summed E-state index contributed by atoms with van der Waals surface area (Å²) < 4.78 is 2.22. The summed E-state index contributed by atoms with van der Waals surface area (Å²) in [7, 11) is 0. The molecule has 0 saturated heterocycles. The molecule has 1 aliphatic heterocycles. The number of rotatable bonds is 2. The van der Waals surface area contributed by atoms with E-state index in [9.17, 15) is 0 Å². The number of anilines is 1. The number of nitrogens with two attached hydrogens (primary N) is 1. The van der Waals surface area contributed by atoms with E-state index in [4.69, 9.17) is 5.73 Å². The van der Waals surface area contributed by atoms with E-state index in [1.807, 2.05) is 6.33 Å². The van der Waals surface area contributed by atoms with Gasteiger partial charge in [0.25, 0.3) is 0 Å². The quantitative estimate of drug-likeness (QED) is 0.837. The molecule has 0 aliphatic carbocycles. The summed E-state index contributed by atoms with van der Waals surface area (Å²) in [4.78, 5) is 8.91.